The highest BCUT2D eigenvalue weighted by Gasteiger charge is 2.09. The molecule has 3 nitrogen and oxygen atoms in total. The van der Waals surface area contributed by atoms with Crippen LogP contribution in [0.25, 0.3) is 10.2 Å². The number of amides is 1. The molecule has 3 aromatic rings. The maximum atomic E-state index is 12.1. The Labute approximate surface area is 154 Å². The number of carbonyl (C=O) groups is 1. The maximum Gasteiger partial charge on any atom is 0.226 e. The molecular weight excluding hydrogens is 360 g/mol. The topological polar surface area (TPSA) is 42.0 Å². The van der Waals surface area contributed by atoms with Crippen LogP contribution < -0.4 is 5.32 Å². The summed E-state index contributed by atoms with van der Waals surface area (Å²) < 4.78 is 1.10. The number of fused-ring (bicyclic) bond motifs is 1. The Morgan fingerprint density at radius 3 is 2.67 bits per heavy atom. The fourth-order valence-electron chi connectivity index (χ4n) is 2.21. The van der Waals surface area contributed by atoms with Gasteiger partial charge in [0, 0.05) is 22.1 Å². The maximum absolute atomic E-state index is 12.1. The zero-order chi connectivity index (χ0) is 17.1. The molecule has 2 aromatic carbocycles. The van der Waals surface area contributed by atoms with Crippen LogP contribution in [0.4, 0.5) is 5.13 Å². The summed E-state index contributed by atoms with van der Waals surface area (Å²) in [5, 5.41) is 4.28. The first-order chi connectivity index (χ1) is 11.5. The van der Waals surface area contributed by atoms with E-state index in [1.54, 1.807) is 11.8 Å². The smallest absolute Gasteiger partial charge is 0.226 e. The van der Waals surface area contributed by atoms with Crippen LogP contribution >= 0.6 is 34.7 Å². The lowest BCUT2D eigenvalue weighted by Gasteiger charge is -2.02. The van der Waals surface area contributed by atoms with E-state index >= 15 is 0 Å². The van der Waals surface area contributed by atoms with Crippen molar-refractivity contribution in [3.63, 3.8) is 0 Å². The van der Waals surface area contributed by atoms with Gasteiger partial charge in [0.2, 0.25) is 5.91 Å². The van der Waals surface area contributed by atoms with Crippen LogP contribution in [0.1, 0.15) is 17.5 Å². The third-order valence-corrected chi connectivity index (χ3v) is 5.86. The van der Waals surface area contributed by atoms with Gasteiger partial charge in [0.05, 0.1) is 10.2 Å². The second kappa shape index (κ2) is 7.55. The lowest BCUT2D eigenvalue weighted by Crippen LogP contribution is -2.11. The molecule has 0 aliphatic heterocycles. The van der Waals surface area contributed by atoms with E-state index in [0.717, 1.165) is 25.9 Å². The third kappa shape index (κ3) is 4.29. The van der Waals surface area contributed by atoms with E-state index in [1.807, 2.05) is 24.3 Å². The van der Waals surface area contributed by atoms with E-state index in [9.17, 15) is 4.79 Å². The van der Waals surface area contributed by atoms with Crippen molar-refractivity contribution in [1.29, 1.82) is 0 Å². The fraction of sp³-hybridized carbons (Fsp3) is 0.222. The summed E-state index contributed by atoms with van der Waals surface area (Å²) in [5.41, 5.74) is 3.39. The quantitative estimate of drug-likeness (QED) is 0.582. The predicted molar refractivity (Wildman–Crippen MR) is 105 cm³/mol. The van der Waals surface area contributed by atoms with E-state index in [0.29, 0.717) is 11.6 Å². The van der Waals surface area contributed by atoms with Crippen LogP contribution in [0.15, 0.2) is 41.3 Å². The van der Waals surface area contributed by atoms with E-state index in [4.69, 9.17) is 11.6 Å². The molecule has 0 aliphatic rings. The molecule has 1 aromatic heterocycles. The number of carbonyl (C=O) groups excluding carboxylic acids is 1. The summed E-state index contributed by atoms with van der Waals surface area (Å²) in [6.45, 7) is 4.15. The number of rotatable bonds is 5. The lowest BCUT2D eigenvalue weighted by atomic mass is 10.1. The molecule has 0 fully saturated rings. The Morgan fingerprint density at radius 2 is 1.92 bits per heavy atom. The second-order valence-electron chi connectivity index (χ2n) is 5.52. The molecule has 0 saturated carbocycles. The van der Waals surface area contributed by atoms with Gasteiger partial charge in [0.25, 0.3) is 0 Å². The minimum absolute atomic E-state index is 0.0102. The number of anilines is 1. The highest BCUT2D eigenvalue weighted by atomic mass is 35.5. The van der Waals surface area contributed by atoms with Crippen LogP contribution in [0.5, 0.6) is 0 Å². The van der Waals surface area contributed by atoms with Crippen molar-refractivity contribution in [3.8, 4) is 0 Å². The largest absolute Gasteiger partial charge is 0.302 e. The van der Waals surface area contributed by atoms with Gasteiger partial charge >= 0.3 is 0 Å². The first-order valence-electron chi connectivity index (χ1n) is 7.57. The van der Waals surface area contributed by atoms with Crippen LogP contribution in [0.2, 0.25) is 5.02 Å². The zero-order valence-corrected chi connectivity index (χ0v) is 15.8. The number of thiazole rings is 1. The number of halogens is 1. The average Bonchev–Trinajstić information content (AvgIpc) is 2.90. The molecule has 124 valence electrons. The summed E-state index contributed by atoms with van der Waals surface area (Å²) in [4.78, 5) is 17.7. The highest BCUT2D eigenvalue weighted by Crippen LogP contribution is 2.28. The number of aromatic nitrogens is 1. The second-order valence-corrected chi connectivity index (χ2v) is 8.16. The summed E-state index contributed by atoms with van der Waals surface area (Å²) in [7, 11) is 0. The minimum Gasteiger partial charge on any atom is -0.302 e. The zero-order valence-electron chi connectivity index (χ0n) is 13.4. The van der Waals surface area contributed by atoms with Crippen LogP contribution in [0, 0.1) is 13.8 Å². The molecule has 1 N–H and O–H groups in total. The lowest BCUT2D eigenvalue weighted by molar-refractivity contribution is -0.115. The molecule has 6 heteroatoms. The van der Waals surface area contributed by atoms with Crippen molar-refractivity contribution in [2.75, 3.05) is 11.1 Å². The van der Waals surface area contributed by atoms with Crippen molar-refractivity contribution in [3.05, 3.63) is 52.5 Å². The van der Waals surface area contributed by atoms with Crippen LogP contribution in [-0.2, 0) is 4.79 Å². The van der Waals surface area contributed by atoms with Crippen LogP contribution in [-0.4, -0.2) is 16.6 Å². The van der Waals surface area contributed by atoms with Crippen molar-refractivity contribution in [1.82, 2.24) is 4.98 Å². The number of hydrogen-bond donors (Lipinski definition) is 1. The normalized spacial score (nSPS) is 11.0. The Hall–Kier alpha value is -1.56. The van der Waals surface area contributed by atoms with Crippen molar-refractivity contribution >= 4 is 56.0 Å². The van der Waals surface area contributed by atoms with Gasteiger partial charge in [-0.15, -0.1) is 11.8 Å². The van der Waals surface area contributed by atoms with Crippen molar-refractivity contribution < 1.29 is 4.79 Å². The molecule has 1 amide bonds. The van der Waals surface area contributed by atoms with Gasteiger partial charge in [-0.05, 0) is 61.4 Å². The molecule has 0 aliphatic carbocycles. The Morgan fingerprint density at radius 1 is 1.21 bits per heavy atom. The number of hydrogen-bond acceptors (Lipinski definition) is 4. The Bertz CT molecular complexity index is 836. The average molecular weight is 377 g/mol. The summed E-state index contributed by atoms with van der Waals surface area (Å²) >= 11 is 9.02. The van der Waals surface area contributed by atoms with Gasteiger partial charge in [0.1, 0.15) is 0 Å². The van der Waals surface area contributed by atoms with E-state index < -0.39 is 0 Å². The number of nitrogens with zero attached hydrogens (tertiary/aromatic N) is 1. The summed E-state index contributed by atoms with van der Waals surface area (Å²) in [6.07, 6.45) is 0.446. The van der Waals surface area contributed by atoms with E-state index in [2.05, 4.69) is 36.3 Å². The summed E-state index contributed by atoms with van der Waals surface area (Å²) in [6, 6.07) is 11.8. The molecular formula is C18H17ClN2OS2. The number of aryl methyl sites for hydroxylation is 2. The minimum atomic E-state index is -0.0102. The van der Waals surface area contributed by atoms with Crippen LogP contribution in [0.3, 0.4) is 0 Å². The molecule has 0 saturated heterocycles. The molecule has 0 spiro atoms. The first-order valence-corrected chi connectivity index (χ1v) is 9.75. The standard InChI is InChI=1S/C18H17ClN2OS2/c1-11-9-15-16(10-12(11)2)24-18(20-15)21-17(22)7-8-23-14-5-3-13(19)4-6-14/h3-6,9-10H,7-8H2,1-2H3,(H,20,21,22). The molecule has 0 unspecified atom stereocenters. The molecule has 0 atom stereocenters. The Kier molecular flexibility index (Phi) is 5.43. The summed E-state index contributed by atoms with van der Waals surface area (Å²) in [5.74, 6) is 0.709. The number of thioether (sulfide) groups is 1. The third-order valence-electron chi connectivity index (χ3n) is 3.66. The molecule has 0 bridgehead atoms. The first kappa shape index (κ1) is 17.3. The van der Waals surface area contributed by atoms with Gasteiger partial charge in [-0.2, -0.15) is 0 Å². The molecule has 24 heavy (non-hydrogen) atoms. The van der Waals surface area contributed by atoms with E-state index in [-0.39, 0.29) is 5.91 Å². The molecule has 0 radical (unpaired) electrons. The molecule has 1 heterocycles. The van der Waals surface area contributed by atoms with Crippen molar-refractivity contribution in [2.24, 2.45) is 0 Å². The number of nitrogens with one attached hydrogen (secondary N) is 1. The Balaban J connectivity index is 1.55. The SMILES string of the molecule is Cc1cc2nc(NC(=O)CCSc3ccc(Cl)cc3)sc2cc1C. The monoisotopic (exact) mass is 376 g/mol. The van der Waals surface area contributed by atoms with Gasteiger partial charge < -0.3 is 5.32 Å². The van der Waals surface area contributed by atoms with Gasteiger partial charge in [-0.25, -0.2) is 4.98 Å². The number of benzene rings is 2. The fourth-order valence-corrected chi connectivity index (χ4v) is 4.15. The van der Waals surface area contributed by atoms with Gasteiger partial charge in [-0.3, -0.25) is 4.79 Å². The molecule has 3 rings (SSSR count). The van der Waals surface area contributed by atoms with Crippen molar-refractivity contribution in [2.45, 2.75) is 25.2 Å². The highest BCUT2D eigenvalue weighted by molar-refractivity contribution is 7.99. The van der Waals surface area contributed by atoms with Gasteiger partial charge in [-0.1, -0.05) is 22.9 Å². The van der Waals surface area contributed by atoms with Gasteiger partial charge in [0.15, 0.2) is 5.13 Å². The predicted octanol–water partition coefficient (Wildman–Crippen LogP) is 5.69. The van der Waals surface area contributed by atoms with E-state index in [1.165, 1.54) is 22.5 Å².